The van der Waals surface area contributed by atoms with Crippen molar-refractivity contribution in [1.82, 2.24) is 0 Å². The second-order valence-electron chi connectivity index (χ2n) is 2.78. The highest BCUT2D eigenvalue weighted by molar-refractivity contribution is 5.86. The summed E-state index contributed by atoms with van der Waals surface area (Å²) in [4.78, 5) is 5.18. The first-order valence-corrected chi connectivity index (χ1v) is 4.12. The Morgan fingerprint density at radius 2 is 2.55 bits per heavy atom. The van der Waals surface area contributed by atoms with Crippen LogP contribution in [-0.2, 0) is 9.57 Å². The van der Waals surface area contributed by atoms with Crippen LogP contribution in [0, 0.1) is 0 Å². The van der Waals surface area contributed by atoms with Crippen LogP contribution in [0.4, 0.5) is 0 Å². The summed E-state index contributed by atoms with van der Waals surface area (Å²) in [6.45, 7) is 5.54. The molecule has 1 heterocycles. The van der Waals surface area contributed by atoms with Crippen molar-refractivity contribution >= 4 is 5.71 Å². The van der Waals surface area contributed by atoms with E-state index in [0.29, 0.717) is 6.61 Å². The van der Waals surface area contributed by atoms with E-state index in [4.69, 9.17) is 9.57 Å². The third-order valence-corrected chi connectivity index (χ3v) is 1.74. The predicted molar refractivity (Wildman–Crippen MR) is 43.7 cm³/mol. The molecule has 0 spiro atoms. The first-order chi connectivity index (χ1) is 5.33. The Labute approximate surface area is 67.4 Å². The number of hydrogen-bond donors (Lipinski definition) is 0. The molecule has 0 saturated carbocycles. The summed E-state index contributed by atoms with van der Waals surface area (Å²) in [5.41, 5.74) is 1.03. The van der Waals surface area contributed by atoms with Crippen LogP contribution in [0.1, 0.15) is 26.7 Å². The van der Waals surface area contributed by atoms with Crippen LogP contribution in [-0.4, -0.2) is 25.0 Å². The summed E-state index contributed by atoms with van der Waals surface area (Å²) in [5.74, 6) is 0. The fourth-order valence-corrected chi connectivity index (χ4v) is 0.763. The summed E-state index contributed by atoms with van der Waals surface area (Å²) in [6.07, 6.45) is 2.15. The first-order valence-electron chi connectivity index (χ1n) is 4.12. The standard InChI is InChI=1S/C8H15NO2/c1-3-7(2)11-9-8-4-5-10-6-8/h7H,3-6H2,1-2H3/b9-8+. The van der Waals surface area contributed by atoms with Gasteiger partial charge in [0.25, 0.3) is 0 Å². The minimum absolute atomic E-state index is 0.225. The second-order valence-corrected chi connectivity index (χ2v) is 2.78. The SMILES string of the molecule is CCC(C)O/N=C1\CCOC1. The quantitative estimate of drug-likeness (QED) is 0.582. The van der Waals surface area contributed by atoms with Gasteiger partial charge in [-0.3, -0.25) is 0 Å². The number of rotatable bonds is 3. The molecule has 0 radical (unpaired) electrons. The van der Waals surface area contributed by atoms with Gasteiger partial charge < -0.3 is 9.57 Å². The topological polar surface area (TPSA) is 30.8 Å². The second kappa shape index (κ2) is 4.34. The lowest BCUT2D eigenvalue weighted by Crippen LogP contribution is -2.05. The molecule has 1 aliphatic rings. The van der Waals surface area contributed by atoms with Gasteiger partial charge in [-0.1, -0.05) is 12.1 Å². The van der Waals surface area contributed by atoms with Gasteiger partial charge in [-0.2, -0.15) is 0 Å². The van der Waals surface area contributed by atoms with Crippen molar-refractivity contribution in [3.8, 4) is 0 Å². The normalized spacial score (nSPS) is 24.0. The molecule has 1 unspecified atom stereocenters. The minimum atomic E-state index is 0.225. The lowest BCUT2D eigenvalue weighted by molar-refractivity contribution is 0.0689. The molecule has 3 heteroatoms. The third-order valence-electron chi connectivity index (χ3n) is 1.74. The number of ether oxygens (including phenoxy) is 1. The number of hydrogen-bond acceptors (Lipinski definition) is 3. The maximum absolute atomic E-state index is 5.18. The van der Waals surface area contributed by atoms with Crippen LogP contribution < -0.4 is 0 Å². The molecule has 1 rings (SSSR count). The van der Waals surface area contributed by atoms with Gasteiger partial charge in [0.15, 0.2) is 0 Å². The van der Waals surface area contributed by atoms with Gasteiger partial charge in [0.2, 0.25) is 0 Å². The zero-order valence-corrected chi connectivity index (χ0v) is 7.17. The molecule has 64 valence electrons. The lowest BCUT2D eigenvalue weighted by atomic mass is 10.3. The number of oxime groups is 1. The zero-order chi connectivity index (χ0) is 8.10. The molecule has 1 fully saturated rings. The Kier molecular flexibility index (Phi) is 3.36. The van der Waals surface area contributed by atoms with E-state index in [1.165, 1.54) is 0 Å². The molecule has 0 aromatic rings. The van der Waals surface area contributed by atoms with E-state index in [1.54, 1.807) is 0 Å². The maximum Gasteiger partial charge on any atom is 0.124 e. The van der Waals surface area contributed by atoms with Crippen LogP contribution in [0.3, 0.4) is 0 Å². The molecule has 1 atom stereocenters. The minimum Gasteiger partial charge on any atom is -0.393 e. The molecule has 0 aromatic heterocycles. The van der Waals surface area contributed by atoms with Gasteiger partial charge in [-0.05, 0) is 13.3 Å². The van der Waals surface area contributed by atoms with E-state index in [2.05, 4.69) is 12.1 Å². The first kappa shape index (κ1) is 8.53. The average Bonchev–Trinajstić information content (AvgIpc) is 2.52. The van der Waals surface area contributed by atoms with E-state index in [0.717, 1.165) is 25.2 Å². The van der Waals surface area contributed by atoms with Crippen molar-refractivity contribution in [2.75, 3.05) is 13.2 Å². The van der Waals surface area contributed by atoms with E-state index in [1.807, 2.05) is 6.92 Å². The molecule has 0 bridgehead atoms. The Bertz CT molecular complexity index is 137. The van der Waals surface area contributed by atoms with Gasteiger partial charge in [-0.15, -0.1) is 0 Å². The molecule has 0 N–H and O–H groups in total. The maximum atomic E-state index is 5.18. The van der Waals surface area contributed by atoms with Crippen molar-refractivity contribution in [2.24, 2.45) is 5.16 Å². The van der Waals surface area contributed by atoms with Gasteiger partial charge in [0, 0.05) is 6.42 Å². The smallest absolute Gasteiger partial charge is 0.124 e. The van der Waals surface area contributed by atoms with Crippen molar-refractivity contribution in [3.63, 3.8) is 0 Å². The Balaban J connectivity index is 2.22. The highest BCUT2D eigenvalue weighted by atomic mass is 16.6. The predicted octanol–water partition coefficient (Wildman–Crippen LogP) is 1.58. The molecule has 3 nitrogen and oxygen atoms in total. The largest absolute Gasteiger partial charge is 0.393 e. The highest BCUT2D eigenvalue weighted by Crippen LogP contribution is 2.03. The van der Waals surface area contributed by atoms with Crippen LogP contribution in [0.2, 0.25) is 0 Å². The number of nitrogens with zero attached hydrogens (tertiary/aromatic N) is 1. The molecule has 0 aromatic carbocycles. The van der Waals surface area contributed by atoms with Crippen LogP contribution in [0.15, 0.2) is 5.16 Å². The van der Waals surface area contributed by atoms with Crippen LogP contribution in [0.25, 0.3) is 0 Å². The molecule has 0 aliphatic carbocycles. The van der Waals surface area contributed by atoms with E-state index in [9.17, 15) is 0 Å². The fourth-order valence-electron chi connectivity index (χ4n) is 0.763. The molecule has 1 aliphatic heterocycles. The summed E-state index contributed by atoms with van der Waals surface area (Å²) in [6, 6.07) is 0. The molecular weight excluding hydrogens is 142 g/mol. The fraction of sp³-hybridized carbons (Fsp3) is 0.875. The Morgan fingerprint density at radius 1 is 1.73 bits per heavy atom. The molecule has 0 amide bonds. The van der Waals surface area contributed by atoms with Gasteiger partial charge in [0.1, 0.15) is 6.10 Å². The Hall–Kier alpha value is -0.570. The summed E-state index contributed by atoms with van der Waals surface area (Å²) >= 11 is 0. The lowest BCUT2D eigenvalue weighted by Gasteiger charge is -2.05. The zero-order valence-electron chi connectivity index (χ0n) is 7.17. The molecule has 1 saturated heterocycles. The van der Waals surface area contributed by atoms with Crippen LogP contribution >= 0.6 is 0 Å². The van der Waals surface area contributed by atoms with E-state index in [-0.39, 0.29) is 6.10 Å². The van der Waals surface area contributed by atoms with Crippen LogP contribution in [0.5, 0.6) is 0 Å². The van der Waals surface area contributed by atoms with E-state index >= 15 is 0 Å². The van der Waals surface area contributed by atoms with E-state index < -0.39 is 0 Å². The average molecular weight is 157 g/mol. The van der Waals surface area contributed by atoms with Crippen molar-refractivity contribution in [3.05, 3.63) is 0 Å². The van der Waals surface area contributed by atoms with Crippen molar-refractivity contribution in [1.29, 1.82) is 0 Å². The third kappa shape index (κ3) is 2.89. The molecule has 11 heavy (non-hydrogen) atoms. The molecular formula is C8H15NO2. The van der Waals surface area contributed by atoms with Crippen molar-refractivity contribution in [2.45, 2.75) is 32.8 Å². The summed E-state index contributed by atoms with van der Waals surface area (Å²) in [5, 5.41) is 3.99. The highest BCUT2D eigenvalue weighted by Gasteiger charge is 2.09. The van der Waals surface area contributed by atoms with Gasteiger partial charge in [0.05, 0.1) is 18.9 Å². The van der Waals surface area contributed by atoms with Gasteiger partial charge >= 0.3 is 0 Å². The Morgan fingerprint density at radius 3 is 3.09 bits per heavy atom. The summed E-state index contributed by atoms with van der Waals surface area (Å²) in [7, 11) is 0. The summed E-state index contributed by atoms with van der Waals surface area (Å²) < 4.78 is 5.11. The van der Waals surface area contributed by atoms with Gasteiger partial charge in [-0.25, -0.2) is 0 Å². The monoisotopic (exact) mass is 157 g/mol. The van der Waals surface area contributed by atoms with Crippen molar-refractivity contribution < 1.29 is 9.57 Å².